The molecule has 0 radical (unpaired) electrons. The zero-order valence-electron chi connectivity index (χ0n) is 11.1. The smallest absolute Gasteiger partial charge is 0.129 e. The fourth-order valence-corrected chi connectivity index (χ4v) is 2.69. The van der Waals surface area contributed by atoms with Crippen LogP contribution >= 0.6 is 11.6 Å². The van der Waals surface area contributed by atoms with Crippen molar-refractivity contribution < 1.29 is 0 Å². The highest BCUT2D eigenvalue weighted by atomic mass is 35.5. The van der Waals surface area contributed by atoms with Crippen LogP contribution < -0.4 is 0 Å². The summed E-state index contributed by atoms with van der Waals surface area (Å²) in [6.07, 6.45) is 1.89. The number of pyridine rings is 2. The quantitative estimate of drug-likeness (QED) is 0.360. The summed E-state index contributed by atoms with van der Waals surface area (Å²) in [7, 11) is 0. The van der Waals surface area contributed by atoms with Crippen molar-refractivity contribution in [2.75, 3.05) is 0 Å². The van der Waals surface area contributed by atoms with Gasteiger partial charge >= 0.3 is 0 Å². The lowest BCUT2D eigenvalue weighted by molar-refractivity contribution is 1.37. The minimum absolute atomic E-state index is 0.490. The number of fused-ring (bicyclic) bond motifs is 3. The van der Waals surface area contributed by atoms with E-state index in [2.05, 4.69) is 40.3 Å². The van der Waals surface area contributed by atoms with Gasteiger partial charge in [0, 0.05) is 22.5 Å². The van der Waals surface area contributed by atoms with Crippen LogP contribution in [-0.2, 0) is 0 Å². The minimum atomic E-state index is 0.490. The van der Waals surface area contributed by atoms with E-state index in [-0.39, 0.29) is 0 Å². The molecule has 2 heterocycles. The molecule has 21 heavy (non-hydrogen) atoms. The lowest BCUT2D eigenvalue weighted by atomic mass is 10.0. The standard InChI is InChI=1S/C18H11ClN2/c19-16-9-8-13-6-7-14-10-15(12-4-2-1-3-5-12)11-20-17(14)18(13)21-16/h1-11H. The first-order valence-electron chi connectivity index (χ1n) is 6.72. The van der Waals surface area contributed by atoms with E-state index in [0.29, 0.717) is 5.15 Å². The zero-order chi connectivity index (χ0) is 14.2. The summed E-state index contributed by atoms with van der Waals surface area (Å²) in [5, 5.41) is 2.61. The number of hydrogen-bond acceptors (Lipinski definition) is 2. The first kappa shape index (κ1) is 12.3. The monoisotopic (exact) mass is 290 g/mol. The van der Waals surface area contributed by atoms with E-state index < -0.39 is 0 Å². The molecule has 0 spiro atoms. The Bertz CT molecular complexity index is 949. The number of rotatable bonds is 1. The van der Waals surface area contributed by atoms with Crippen molar-refractivity contribution >= 4 is 33.4 Å². The van der Waals surface area contributed by atoms with Crippen LogP contribution in [0.25, 0.3) is 32.9 Å². The van der Waals surface area contributed by atoms with Gasteiger partial charge in [-0.15, -0.1) is 0 Å². The molecule has 0 amide bonds. The molecule has 0 atom stereocenters. The van der Waals surface area contributed by atoms with Crippen LogP contribution in [-0.4, -0.2) is 9.97 Å². The van der Waals surface area contributed by atoms with E-state index >= 15 is 0 Å². The fourth-order valence-electron chi connectivity index (χ4n) is 2.54. The van der Waals surface area contributed by atoms with Gasteiger partial charge in [-0.1, -0.05) is 54.1 Å². The summed E-state index contributed by atoms with van der Waals surface area (Å²) in [6.45, 7) is 0. The Morgan fingerprint density at radius 2 is 1.48 bits per heavy atom. The molecule has 0 saturated carbocycles. The third-order valence-electron chi connectivity index (χ3n) is 3.58. The van der Waals surface area contributed by atoms with Crippen LogP contribution in [0.4, 0.5) is 0 Å². The average Bonchev–Trinajstić information content (AvgIpc) is 2.55. The number of hydrogen-bond donors (Lipinski definition) is 0. The predicted molar refractivity (Wildman–Crippen MR) is 87.5 cm³/mol. The van der Waals surface area contributed by atoms with Crippen molar-refractivity contribution in [1.82, 2.24) is 9.97 Å². The normalized spacial score (nSPS) is 11.1. The van der Waals surface area contributed by atoms with Crippen LogP contribution in [0.15, 0.2) is 66.9 Å². The average molecular weight is 291 g/mol. The molecule has 0 N–H and O–H groups in total. The van der Waals surface area contributed by atoms with E-state index in [1.807, 2.05) is 30.5 Å². The summed E-state index contributed by atoms with van der Waals surface area (Å²) in [4.78, 5) is 9.01. The molecule has 0 aliphatic rings. The molecule has 4 aromatic rings. The summed E-state index contributed by atoms with van der Waals surface area (Å²) in [6, 6.07) is 20.3. The summed E-state index contributed by atoms with van der Waals surface area (Å²) >= 11 is 6.01. The molecule has 0 saturated heterocycles. The van der Waals surface area contributed by atoms with Crippen molar-refractivity contribution in [3.8, 4) is 11.1 Å². The molecule has 3 heteroatoms. The van der Waals surface area contributed by atoms with E-state index in [1.165, 1.54) is 0 Å². The van der Waals surface area contributed by atoms with Crippen LogP contribution in [0.1, 0.15) is 0 Å². The third-order valence-corrected chi connectivity index (χ3v) is 3.79. The number of benzene rings is 2. The maximum atomic E-state index is 6.01. The lowest BCUT2D eigenvalue weighted by Gasteiger charge is -2.06. The largest absolute Gasteiger partial charge is 0.253 e. The van der Waals surface area contributed by atoms with Gasteiger partial charge in [0.2, 0.25) is 0 Å². The SMILES string of the molecule is Clc1ccc2ccc3cc(-c4ccccc4)cnc3c2n1. The van der Waals surface area contributed by atoms with Gasteiger partial charge in [-0.25, -0.2) is 4.98 Å². The highest BCUT2D eigenvalue weighted by molar-refractivity contribution is 6.30. The van der Waals surface area contributed by atoms with Gasteiger partial charge in [-0.2, -0.15) is 0 Å². The molecule has 100 valence electrons. The molecule has 0 bridgehead atoms. The Morgan fingerprint density at radius 3 is 2.33 bits per heavy atom. The second-order valence-electron chi connectivity index (χ2n) is 4.93. The zero-order valence-corrected chi connectivity index (χ0v) is 11.9. The van der Waals surface area contributed by atoms with Gasteiger partial charge in [0.1, 0.15) is 5.15 Å². The van der Waals surface area contributed by atoms with Gasteiger partial charge in [0.25, 0.3) is 0 Å². The Morgan fingerprint density at radius 1 is 0.714 bits per heavy atom. The highest BCUT2D eigenvalue weighted by Crippen LogP contribution is 2.27. The van der Waals surface area contributed by atoms with Crippen molar-refractivity contribution in [2.24, 2.45) is 0 Å². The van der Waals surface area contributed by atoms with Gasteiger partial charge in [-0.3, -0.25) is 4.98 Å². The molecule has 2 nitrogen and oxygen atoms in total. The topological polar surface area (TPSA) is 25.8 Å². The predicted octanol–water partition coefficient (Wildman–Crippen LogP) is 5.10. The molecule has 2 aromatic heterocycles. The Labute approximate surface area is 127 Å². The Balaban J connectivity index is 1.99. The number of halogens is 1. The molecule has 0 unspecified atom stereocenters. The minimum Gasteiger partial charge on any atom is -0.253 e. The van der Waals surface area contributed by atoms with Crippen LogP contribution in [0.3, 0.4) is 0 Å². The molecule has 0 aliphatic heterocycles. The van der Waals surface area contributed by atoms with Crippen molar-refractivity contribution in [2.45, 2.75) is 0 Å². The van der Waals surface area contributed by atoms with Crippen molar-refractivity contribution in [1.29, 1.82) is 0 Å². The van der Waals surface area contributed by atoms with E-state index in [9.17, 15) is 0 Å². The molecule has 2 aromatic carbocycles. The van der Waals surface area contributed by atoms with Crippen LogP contribution in [0.5, 0.6) is 0 Å². The van der Waals surface area contributed by atoms with Gasteiger partial charge in [0.15, 0.2) is 0 Å². The van der Waals surface area contributed by atoms with Crippen LogP contribution in [0, 0.1) is 0 Å². The Hall–Kier alpha value is -2.45. The van der Waals surface area contributed by atoms with E-state index in [0.717, 1.165) is 32.9 Å². The summed E-state index contributed by atoms with van der Waals surface area (Å²) < 4.78 is 0. The second kappa shape index (κ2) is 4.83. The van der Waals surface area contributed by atoms with Gasteiger partial charge in [-0.05, 0) is 23.8 Å². The fraction of sp³-hybridized carbons (Fsp3) is 0. The summed E-state index contributed by atoms with van der Waals surface area (Å²) in [5.74, 6) is 0. The molecular weight excluding hydrogens is 280 g/mol. The lowest BCUT2D eigenvalue weighted by Crippen LogP contribution is -1.87. The van der Waals surface area contributed by atoms with E-state index in [1.54, 1.807) is 6.07 Å². The van der Waals surface area contributed by atoms with Gasteiger partial charge < -0.3 is 0 Å². The molecular formula is C18H11ClN2. The first-order valence-corrected chi connectivity index (χ1v) is 7.09. The molecule has 0 fully saturated rings. The molecule has 4 rings (SSSR count). The number of nitrogens with zero attached hydrogens (tertiary/aromatic N) is 2. The molecule has 0 aliphatic carbocycles. The van der Waals surface area contributed by atoms with Gasteiger partial charge in [0.05, 0.1) is 11.0 Å². The van der Waals surface area contributed by atoms with Crippen molar-refractivity contribution in [3.05, 3.63) is 72.0 Å². The van der Waals surface area contributed by atoms with E-state index in [4.69, 9.17) is 11.6 Å². The maximum Gasteiger partial charge on any atom is 0.129 e. The second-order valence-corrected chi connectivity index (χ2v) is 5.32. The van der Waals surface area contributed by atoms with Crippen molar-refractivity contribution in [3.63, 3.8) is 0 Å². The Kier molecular flexibility index (Phi) is 2.83. The maximum absolute atomic E-state index is 6.01. The number of aromatic nitrogens is 2. The first-order chi connectivity index (χ1) is 10.3. The highest BCUT2D eigenvalue weighted by Gasteiger charge is 2.06. The third kappa shape index (κ3) is 2.14. The summed E-state index contributed by atoms with van der Waals surface area (Å²) in [5.41, 5.74) is 3.99. The van der Waals surface area contributed by atoms with Crippen LogP contribution in [0.2, 0.25) is 5.15 Å².